The second-order valence-corrected chi connectivity index (χ2v) is 9.56. The Labute approximate surface area is 215 Å². The molecule has 0 radical (unpaired) electrons. The third-order valence-corrected chi connectivity index (χ3v) is 6.55. The first-order chi connectivity index (χ1) is 16.5. The molecule has 0 saturated carbocycles. The molecule has 4 nitrogen and oxygen atoms in total. The van der Waals surface area contributed by atoms with E-state index in [1.54, 1.807) is 4.90 Å². The summed E-state index contributed by atoms with van der Waals surface area (Å²) in [5.41, 5.74) is 2.91. The highest BCUT2D eigenvalue weighted by Gasteiger charge is 2.30. The smallest absolute Gasteiger partial charge is 0.243 e. The van der Waals surface area contributed by atoms with Crippen molar-refractivity contribution in [3.05, 3.63) is 105 Å². The molecule has 0 aliphatic carbocycles. The molecular weight excluding hydrogens is 512 g/mol. The number of carbonyl (C=O) groups excluding carboxylic acids is 2. The SMILES string of the molecule is CCCNC(=O)[C@@H](Cc1ccccc1)N(Cc1ccc(Br)cc1)C(=O)CCc1ccccc1Cl. The normalized spacial score (nSPS) is 11.6. The lowest BCUT2D eigenvalue weighted by Gasteiger charge is -2.31. The van der Waals surface area contributed by atoms with E-state index in [0.717, 1.165) is 27.6 Å². The van der Waals surface area contributed by atoms with Crippen molar-refractivity contribution in [2.75, 3.05) is 6.54 Å². The summed E-state index contributed by atoms with van der Waals surface area (Å²) in [6, 6.07) is 24.6. The van der Waals surface area contributed by atoms with E-state index in [0.29, 0.717) is 31.0 Å². The van der Waals surface area contributed by atoms with E-state index in [9.17, 15) is 9.59 Å². The van der Waals surface area contributed by atoms with Gasteiger partial charge in [0, 0.05) is 35.4 Å². The van der Waals surface area contributed by atoms with Crippen LogP contribution in [0.1, 0.15) is 36.5 Å². The molecule has 0 spiro atoms. The van der Waals surface area contributed by atoms with Gasteiger partial charge in [0.2, 0.25) is 11.8 Å². The average molecular weight is 542 g/mol. The Morgan fingerprint density at radius 1 is 0.941 bits per heavy atom. The zero-order valence-electron chi connectivity index (χ0n) is 19.3. The lowest BCUT2D eigenvalue weighted by molar-refractivity contribution is -0.141. The van der Waals surface area contributed by atoms with E-state index in [2.05, 4.69) is 21.2 Å². The summed E-state index contributed by atoms with van der Waals surface area (Å²) in [5.74, 6) is -0.204. The van der Waals surface area contributed by atoms with E-state index in [4.69, 9.17) is 11.6 Å². The summed E-state index contributed by atoms with van der Waals surface area (Å²) < 4.78 is 0.967. The summed E-state index contributed by atoms with van der Waals surface area (Å²) in [6.45, 7) is 2.94. The number of aryl methyl sites for hydroxylation is 1. The number of amides is 2. The number of halogens is 2. The number of nitrogens with zero attached hydrogens (tertiary/aromatic N) is 1. The van der Waals surface area contributed by atoms with E-state index >= 15 is 0 Å². The summed E-state index contributed by atoms with van der Waals surface area (Å²) in [5, 5.41) is 3.65. The minimum Gasteiger partial charge on any atom is -0.354 e. The second kappa shape index (κ2) is 13.3. The van der Waals surface area contributed by atoms with Crippen LogP contribution in [0.3, 0.4) is 0 Å². The van der Waals surface area contributed by atoms with Gasteiger partial charge in [0.05, 0.1) is 0 Å². The fourth-order valence-corrected chi connectivity index (χ4v) is 4.29. The first-order valence-corrected chi connectivity index (χ1v) is 12.7. The number of hydrogen-bond donors (Lipinski definition) is 1. The van der Waals surface area contributed by atoms with E-state index in [1.165, 1.54) is 0 Å². The van der Waals surface area contributed by atoms with Gasteiger partial charge in [0.25, 0.3) is 0 Å². The predicted octanol–water partition coefficient (Wildman–Crippen LogP) is 6.20. The Morgan fingerprint density at radius 3 is 2.29 bits per heavy atom. The molecular formula is C28H30BrClN2O2. The van der Waals surface area contributed by atoms with E-state index in [-0.39, 0.29) is 18.2 Å². The van der Waals surface area contributed by atoms with Crippen molar-refractivity contribution in [3.8, 4) is 0 Å². The van der Waals surface area contributed by atoms with Gasteiger partial charge in [0.1, 0.15) is 6.04 Å². The third kappa shape index (κ3) is 7.71. The van der Waals surface area contributed by atoms with Gasteiger partial charge in [-0.05, 0) is 47.7 Å². The molecule has 6 heteroatoms. The number of benzene rings is 3. The van der Waals surface area contributed by atoms with Gasteiger partial charge in [-0.2, -0.15) is 0 Å². The third-order valence-electron chi connectivity index (χ3n) is 5.65. The molecule has 3 aromatic carbocycles. The number of nitrogens with one attached hydrogen (secondary N) is 1. The van der Waals surface area contributed by atoms with Crippen LogP contribution in [0.15, 0.2) is 83.3 Å². The maximum Gasteiger partial charge on any atom is 0.243 e. The monoisotopic (exact) mass is 540 g/mol. The maximum atomic E-state index is 13.6. The molecule has 0 aliphatic heterocycles. The molecule has 34 heavy (non-hydrogen) atoms. The number of carbonyl (C=O) groups is 2. The molecule has 0 aliphatic rings. The van der Waals surface area contributed by atoms with Crippen molar-refractivity contribution in [2.24, 2.45) is 0 Å². The van der Waals surface area contributed by atoms with Crippen molar-refractivity contribution >= 4 is 39.3 Å². The minimum atomic E-state index is -0.614. The van der Waals surface area contributed by atoms with Gasteiger partial charge >= 0.3 is 0 Å². The summed E-state index contributed by atoms with van der Waals surface area (Å²) in [7, 11) is 0. The first-order valence-electron chi connectivity index (χ1n) is 11.6. The maximum absolute atomic E-state index is 13.6. The van der Waals surface area contributed by atoms with Crippen LogP contribution in [-0.4, -0.2) is 29.3 Å². The minimum absolute atomic E-state index is 0.0737. The standard InChI is InChI=1S/C28H30BrClN2O2/c1-2-18-31-28(34)26(19-21-8-4-3-5-9-21)32(20-22-12-15-24(29)16-13-22)27(33)17-14-23-10-6-7-11-25(23)30/h3-13,15-16,26H,2,14,17-20H2,1H3,(H,31,34)/t26-/m1/s1. The van der Waals surface area contributed by atoms with Gasteiger partial charge in [-0.1, -0.05) is 95.1 Å². The van der Waals surface area contributed by atoms with Gasteiger partial charge in [-0.25, -0.2) is 0 Å². The van der Waals surface area contributed by atoms with E-state index < -0.39 is 6.04 Å². The van der Waals surface area contributed by atoms with Crippen LogP contribution in [0, 0.1) is 0 Å². The molecule has 0 aromatic heterocycles. The second-order valence-electron chi connectivity index (χ2n) is 8.24. The Hall–Kier alpha value is -2.63. The summed E-state index contributed by atoms with van der Waals surface area (Å²) in [6.07, 6.45) is 2.07. The lowest BCUT2D eigenvalue weighted by atomic mass is 10.0. The zero-order chi connectivity index (χ0) is 24.3. The molecule has 0 unspecified atom stereocenters. The fraction of sp³-hybridized carbons (Fsp3) is 0.286. The Balaban J connectivity index is 1.89. The topological polar surface area (TPSA) is 49.4 Å². The van der Waals surface area contributed by atoms with Crippen molar-refractivity contribution < 1.29 is 9.59 Å². The molecule has 0 fully saturated rings. The largest absolute Gasteiger partial charge is 0.354 e. The molecule has 178 valence electrons. The highest BCUT2D eigenvalue weighted by Crippen LogP contribution is 2.20. The molecule has 0 heterocycles. The van der Waals surface area contributed by atoms with Crippen molar-refractivity contribution in [2.45, 2.75) is 45.2 Å². The zero-order valence-corrected chi connectivity index (χ0v) is 21.7. The molecule has 1 atom stereocenters. The molecule has 0 saturated heterocycles. The van der Waals surface area contributed by atoms with Gasteiger partial charge in [-0.3, -0.25) is 9.59 Å². The Kier molecular flexibility index (Phi) is 10.2. The predicted molar refractivity (Wildman–Crippen MR) is 142 cm³/mol. The summed E-state index contributed by atoms with van der Waals surface area (Å²) >= 11 is 9.78. The molecule has 3 aromatic rings. The molecule has 3 rings (SSSR count). The molecule has 0 bridgehead atoms. The quantitative estimate of drug-likeness (QED) is 0.314. The van der Waals surface area contributed by atoms with Crippen LogP contribution in [0.2, 0.25) is 5.02 Å². The molecule has 2 amide bonds. The van der Waals surface area contributed by atoms with E-state index in [1.807, 2.05) is 85.8 Å². The Bertz CT molecular complexity index is 1070. The van der Waals surface area contributed by atoms with Gasteiger partial charge in [-0.15, -0.1) is 0 Å². The fourth-order valence-electron chi connectivity index (χ4n) is 3.79. The van der Waals surface area contributed by atoms with Crippen LogP contribution in [0.4, 0.5) is 0 Å². The number of hydrogen-bond acceptors (Lipinski definition) is 2. The van der Waals surface area contributed by atoms with Crippen molar-refractivity contribution in [3.63, 3.8) is 0 Å². The van der Waals surface area contributed by atoms with Crippen molar-refractivity contribution in [1.82, 2.24) is 10.2 Å². The van der Waals surface area contributed by atoms with Crippen LogP contribution in [-0.2, 0) is 29.0 Å². The van der Waals surface area contributed by atoms with Gasteiger partial charge < -0.3 is 10.2 Å². The molecule has 1 N–H and O–H groups in total. The summed E-state index contributed by atoms with van der Waals surface area (Å²) in [4.78, 5) is 28.6. The first kappa shape index (κ1) is 26.0. The van der Waals surface area contributed by atoms with Crippen LogP contribution in [0.25, 0.3) is 0 Å². The van der Waals surface area contributed by atoms with Gasteiger partial charge in [0.15, 0.2) is 0 Å². The van der Waals surface area contributed by atoms with Crippen LogP contribution >= 0.6 is 27.5 Å². The average Bonchev–Trinajstić information content (AvgIpc) is 2.85. The lowest BCUT2D eigenvalue weighted by Crippen LogP contribution is -2.50. The highest BCUT2D eigenvalue weighted by molar-refractivity contribution is 9.10. The van der Waals surface area contributed by atoms with Crippen LogP contribution < -0.4 is 5.32 Å². The Morgan fingerprint density at radius 2 is 1.62 bits per heavy atom. The van der Waals surface area contributed by atoms with Crippen molar-refractivity contribution in [1.29, 1.82) is 0 Å². The number of rotatable bonds is 11. The van der Waals surface area contributed by atoms with Crippen LogP contribution in [0.5, 0.6) is 0 Å². The highest BCUT2D eigenvalue weighted by atomic mass is 79.9.